The minimum absolute atomic E-state index is 0.129. The van der Waals surface area contributed by atoms with Crippen LogP contribution in [-0.4, -0.2) is 28.8 Å². The number of aromatic nitrogens is 1. The lowest BCUT2D eigenvalue weighted by Gasteiger charge is -2.61. The van der Waals surface area contributed by atoms with Gasteiger partial charge in [-0.3, -0.25) is 4.79 Å². The van der Waals surface area contributed by atoms with Gasteiger partial charge < -0.3 is 9.84 Å². The number of carboxylic acid groups (broad SMARTS) is 1. The highest BCUT2D eigenvalue weighted by Gasteiger charge is 2.60. The summed E-state index contributed by atoms with van der Waals surface area (Å²) in [4.78, 5) is 15.8. The molecule has 0 spiro atoms. The summed E-state index contributed by atoms with van der Waals surface area (Å²) >= 11 is 1.89. The van der Waals surface area contributed by atoms with E-state index in [9.17, 15) is 4.79 Å². The molecular formula is C33H47NO3S. The zero-order valence-corrected chi connectivity index (χ0v) is 24.5. The summed E-state index contributed by atoms with van der Waals surface area (Å²) in [5.74, 6) is 4.29. The first kappa shape index (κ1) is 26.7. The highest BCUT2D eigenvalue weighted by atomic mass is 32.1. The van der Waals surface area contributed by atoms with E-state index in [1.807, 2.05) is 11.3 Å². The number of para-hydroxylation sites is 1. The number of carbonyl (C=O) groups is 1. The number of fused-ring (bicyclic) bond motifs is 6. The van der Waals surface area contributed by atoms with Crippen LogP contribution in [0.4, 0.5) is 0 Å². The van der Waals surface area contributed by atoms with Gasteiger partial charge in [0.15, 0.2) is 0 Å². The number of thiazole rings is 1. The predicted molar refractivity (Wildman–Crippen MR) is 154 cm³/mol. The Kier molecular flexibility index (Phi) is 7.39. The van der Waals surface area contributed by atoms with Crippen LogP contribution in [0.25, 0.3) is 10.2 Å². The number of aliphatic carboxylic acids is 1. The highest BCUT2D eigenvalue weighted by molar-refractivity contribution is 7.18. The van der Waals surface area contributed by atoms with E-state index < -0.39 is 5.97 Å². The molecule has 9 atom stereocenters. The normalized spacial score (nSPS) is 39.3. The Morgan fingerprint density at radius 1 is 1.08 bits per heavy atom. The van der Waals surface area contributed by atoms with E-state index in [0.717, 1.165) is 60.3 Å². The average molecular weight is 538 g/mol. The summed E-state index contributed by atoms with van der Waals surface area (Å²) in [5.41, 5.74) is 2.12. The molecule has 4 aliphatic rings. The third kappa shape index (κ3) is 4.74. The van der Waals surface area contributed by atoms with Gasteiger partial charge in [0, 0.05) is 0 Å². The zero-order valence-electron chi connectivity index (χ0n) is 23.7. The van der Waals surface area contributed by atoms with Gasteiger partial charge >= 0.3 is 5.97 Å². The maximum absolute atomic E-state index is 10.9. The maximum atomic E-state index is 10.9. The van der Waals surface area contributed by atoms with Gasteiger partial charge in [-0.1, -0.05) is 32.9 Å². The van der Waals surface area contributed by atoms with Crippen molar-refractivity contribution in [3.8, 4) is 0 Å². The van der Waals surface area contributed by atoms with Crippen molar-refractivity contribution in [2.24, 2.45) is 46.3 Å². The van der Waals surface area contributed by atoms with Crippen molar-refractivity contribution in [1.29, 1.82) is 0 Å². The Morgan fingerprint density at radius 3 is 2.68 bits per heavy atom. The van der Waals surface area contributed by atoms with Gasteiger partial charge in [-0.05, 0) is 129 Å². The number of hydrogen-bond acceptors (Lipinski definition) is 4. The van der Waals surface area contributed by atoms with Crippen molar-refractivity contribution >= 4 is 27.5 Å². The molecule has 1 heterocycles. The number of ether oxygens (including phenoxy) is 1. The zero-order chi connectivity index (χ0) is 26.5. The second-order valence-corrected chi connectivity index (χ2v) is 15.0. The summed E-state index contributed by atoms with van der Waals surface area (Å²) in [6.07, 6.45) is 14.8. The average Bonchev–Trinajstić information content (AvgIpc) is 3.47. The van der Waals surface area contributed by atoms with Crippen molar-refractivity contribution in [2.75, 3.05) is 6.61 Å². The predicted octanol–water partition coefficient (Wildman–Crippen LogP) is 8.38. The largest absolute Gasteiger partial charge is 0.481 e. The molecule has 1 N–H and O–H groups in total. The van der Waals surface area contributed by atoms with Crippen LogP contribution in [0.1, 0.15) is 96.4 Å². The van der Waals surface area contributed by atoms with Gasteiger partial charge in [0.2, 0.25) is 0 Å². The summed E-state index contributed by atoms with van der Waals surface area (Å²) in [7, 11) is 0. The number of nitrogens with zero attached hydrogens (tertiary/aromatic N) is 1. The van der Waals surface area contributed by atoms with Gasteiger partial charge in [0.05, 0.1) is 34.4 Å². The van der Waals surface area contributed by atoms with Crippen LogP contribution >= 0.6 is 11.3 Å². The maximum Gasteiger partial charge on any atom is 0.305 e. The van der Waals surface area contributed by atoms with E-state index >= 15 is 0 Å². The van der Waals surface area contributed by atoms with Gasteiger partial charge in [0.1, 0.15) is 0 Å². The Balaban J connectivity index is 1.09. The minimum atomic E-state index is -0.752. The van der Waals surface area contributed by atoms with E-state index in [4.69, 9.17) is 14.8 Å². The molecule has 4 aliphatic carbocycles. The Hall–Kier alpha value is -1.46. The first-order chi connectivity index (χ1) is 18.3. The van der Waals surface area contributed by atoms with Crippen LogP contribution in [-0.2, 0) is 16.0 Å². The van der Waals surface area contributed by atoms with Gasteiger partial charge in [-0.25, -0.2) is 4.98 Å². The molecule has 4 saturated carbocycles. The molecule has 0 unspecified atom stereocenters. The Labute approximate surface area is 233 Å². The van der Waals surface area contributed by atoms with Crippen LogP contribution in [0.3, 0.4) is 0 Å². The quantitative estimate of drug-likeness (QED) is 0.367. The number of carboxylic acids is 1. The van der Waals surface area contributed by atoms with Gasteiger partial charge in [-0.2, -0.15) is 0 Å². The fourth-order valence-corrected chi connectivity index (χ4v) is 11.2. The molecule has 0 bridgehead atoms. The summed E-state index contributed by atoms with van der Waals surface area (Å²) in [6.45, 7) is 8.22. The number of aryl methyl sites for hydroxylation is 1. The second-order valence-electron chi connectivity index (χ2n) is 13.9. The lowest BCUT2D eigenvalue weighted by Crippen LogP contribution is -2.54. The molecule has 0 aliphatic heterocycles. The molecule has 1 aromatic heterocycles. The molecule has 6 rings (SSSR count). The molecule has 5 heteroatoms. The fraction of sp³-hybridized carbons (Fsp3) is 0.758. The van der Waals surface area contributed by atoms with E-state index in [-0.39, 0.29) is 12.5 Å². The molecule has 4 fully saturated rings. The molecular weight excluding hydrogens is 490 g/mol. The van der Waals surface area contributed by atoms with E-state index in [2.05, 4.69) is 45.0 Å². The standard InChI is InChI=1S/C33H47NO3S/c1-21(8-13-30-34-28-6-4-5-7-29(28)38-30)25-11-12-26-24-10-9-22-20-23(37-19-16-31(35)36)14-17-32(22,2)27(24)15-18-33(25,26)3/h4-7,21-27H,8-20H2,1-3H3,(H,35,36)/t21-,22+,23+,24-,25+,26-,27-,32+,33-/m1/s1. The van der Waals surface area contributed by atoms with Gasteiger partial charge in [-0.15, -0.1) is 11.3 Å². The molecule has 0 amide bonds. The summed E-state index contributed by atoms with van der Waals surface area (Å²) < 4.78 is 7.36. The van der Waals surface area contributed by atoms with Crippen molar-refractivity contribution < 1.29 is 14.6 Å². The van der Waals surface area contributed by atoms with Gasteiger partial charge in [0.25, 0.3) is 0 Å². The second kappa shape index (κ2) is 10.5. The third-order valence-electron chi connectivity index (χ3n) is 12.2. The summed E-state index contributed by atoms with van der Waals surface area (Å²) in [6, 6.07) is 8.57. The van der Waals surface area contributed by atoms with Crippen LogP contribution < -0.4 is 0 Å². The monoisotopic (exact) mass is 537 g/mol. The van der Waals surface area contributed by atoms with E-state index in [1.165, 1.54) is 61.1 Å². The number of rotatable bonds is 8. The third-order valence-corrected chi connectivity index (χ3v) is 13.3. The molecule has 4 nitrogen and oxygen atoms in total. The molecule has 0 saturated heterocycles. The topological polar surface area (TPSA) is 59.4 Å². The van der Waals surface area contributed by atoms with E-state index in [0.29, 0.717) is 17.4 Å². The van der Waals surface area contributed by atoms with Crippen molar-refractivity contribution in [3.63, 3.8) is 0 Å². The Morgan fingerprint density at radius 2 is 1.87 bits per heavy atom. The number of hydrogen-bond donors (Lipinski definition) is 1. The Bertz CT molecular complexity index is 1110. The van der Waals surface area contributed by atoms with Crippen molar-refractivity contribution in [3.05, 3.63) is 29.3 Å². The first-order valence-corrected chi connectivity index (χ1v) is 16.3. The molecule has 2 aromatic rings. The smallest absolute Gasteiger partial charge is 0.305 e. The number of benzene rings is 1. The van der Waals surface area contributed by atoms with E-state index in [1.54, 1.807) is 0 Å². The summed E-state index contributed by atoms with van der Waals surface area (Å²) in [5, 5.41) is 10.3. The lowest BCUT2D eigenvalue weighted by atomic mass is 9.44. The molecule has 1 aromatic carbocycles. The lowest BCUT2D eigenvalue weighted by molar-refractivity contribution is -0.144. The van der Waals surface area contributed by atoms with Crippen molar-refractivity contribution in [1.82, 2.24) is 4.98 Å². The van der Waals surface area contributed by atoms with Crippen LogP contribution in [0.15, 0.2) is 24.3 Å². The van der Waals surface area contributed by atoms with Crippen molar-refractivity contribution in [2.45, 2.75) is 104 Å². The van der Waals surface area contributed by atoms with Crippen LogP contribution in [0.5, 0.6) is 0 Å². The highest BCUT2D eigenvalue weighted by Crippen LogP contribution is 2.68. The minimum Gasteiger partial charge on any atom is -0.481 e. The fourth-order valence-electron chi connectivity index (χ4n) is 10.2. The first-order valence-electron chi connectivity index (χ1n) is 15.5. The van der Waals surface area contributed by atoms with Crippen LogP contribution in [0, 0.1) is 46.3 Å². The molecule has 0 radical (unpaired) electrons. The SMILES string of the molecule is C[C@H](CCc1nc2ccccc2s1)[C@@H]1CC[C@@H]2[C@H]3CC[C@H]4C[C@@H](OCCC(=O)O)CC[C@]4(C)[C@@H]3CC[C@@]21C. The van der Waals surface area contributed by atoms with Crippen LogP contribution in [0.2, 0.25) is 0 Å². The molecule has 38 heavy (non-hydrogen) atoms. The molecule has 208 valence electrons.